The third kappa shape index (κ3) is 11.2. The summed E-state index contributed by atoms with van der Waals surface area (Å²) in [6, 6.07) is 61.1. The molecule has 6 aromatic carbocycles. The second-order valence-electron chi connectivity index (χ2n) is 12.7. The molecule has 8 rings (SSSR count). The second kappa shape index (κ2) is 20.8. The molecule has 0 unspecified atom stereocenters. The average molecular weight is 818 g/mol. The topological polar surface area (TPSA) is 85.7 Å². The van der Waals surface area contributed by atoms with Crippen LogP contribution in [0, 0.1) is 0 Å². The van der Waals surface area contributed by atoms with Crippen molar-refractivity contribution >= 4 is 11.6 Å². The maximum atomic E-state index is 10.0. The molecule has 6 nitrogen and oxygen atoms in total. The Hall–Kier alpha value is -6.56. The van der Waals surface area contributed by atoms with E-state index < -0.39 is 0 Å². The smallest absolute Gasteiger partial charge is 0.300 e. The Morgan fingerprint density at radius 2 is 0.589 bits per heavy atom. The Morgan fingerprint density at radius 1 is 0.357 bits per heavy atom. The molecule has 1 radical (unpaired) electrons. The van der Waals surface area contributed by atoms with E-state index in [9.17, 15) is 9.59 Å². The summed E-state index contributed by atoms with van der Waals surface area (Å²) >= 11 is 0. The fourth-order valence-electron chi connectivity index (χ4n) is 5.83. The Bertz CT molecular complexity index is 2260. The third-order valence-electron chi connectivity index (χ3n) is 8.37. The van der Waals surface area contributed by atoms with Gasteiger partial charge in [-0.15, -0.1) is 0 Å². The molecule has 0 fully saturated rings. The van der Waals surface area contributed by atoms with Gasteiger partial charge in [0.1, 0.15) is 11.6 Å². The van der Waals surface area contributed by atoms with Gasteiger partial charge in [-0.25, -0.2) is 9.97 Å². The number of hydrogen-bond acceptors (Lipinski definition) is 6. The molecular weight excluding hydrogens is 778 g/mol. The van der Waals surface area contributed by atoms with Crippen LogP contribution in [0.2, 0.25) is 0 Å². The normalized spacial score (nSPS) is 10.0. The Morgan fingerprint density at radius 3 is 0.821 bits per heavy atom. The zero-order valence-electron chi connectivity index (χ0n) is 31.1. The van der Waals surface area contributed by atoms with E-state index in [2.05, 4.69) is 72.8 Å². The second-order valence-corrected chi connectivity index (χ2v) is 12.7. The van der Waals surface area contributed by atoms with Crippen molar-refractivity contribution in [2.45, 2.75) is 20.3 Å². The molecule has 0 aliphatic heterocycles. The summed E-state index contributed by atoms with van der Waals surface area (Å²) in [5, 5.41) is 0. The maximum absolute atomic E-state index is 10.0. The van der Waals surface area contributed by atoms with Crippen LogP contribution in [0.1, 0.15) is 20.3 Å². The number of rotatable bonds is 8. The number of nitrogens with zero attached hydrogens (tertiary/aromatic N) is 4. The van der Waals surface area contributed by atoms with Crippen LogP contribution in [0.25, 0.3) is 67.5 Å². The molecule has 0 atom stereocenters. The van der Waals surface area contributed by atoms with E-state index in [-0.39, 0.29) is 37.5 Å². The van der Waals surface area contributed by atoms with E-state index in [0.717, 1.165) is 67.5 Å². The van der Waals surface area contributed by atoms with Crippen molar-refractivity contribution in [1.29, 1.82) is 0 Å². The third-order valence-corrected chi connectivity index (χ3v) is 8.37. The summed E-state index contributed by atoms with van der Waals surface area (Å²) in [5.41, 5.74) is 11.8. The van der Waals surface area contributed by atoms with Gasteiger partial charge in [-0.3, -0.25) is 19.6 Å². The summed E-state index contributed by atoms with van der Waals surface area (Å²) in [7, 11) is 0. The molecule has 0 amide bonds. The zero-order valence-corrected chi connectivity index (χ0v) is 32.9. The van der Waals surface area contributed by atoms with E-state index in [1.165, 1.54) is 13.8 Å². The van der Waals surface area contributed by atoms with Crippen LogP contribution in [-0.2, 0) is 29.1 Å². The number of Topliss-reactive ketones (excluding diaryl/α,β-unsaturated/α-hetero) is 2. The van der Waals surface area contributed by atoms with Crippen molar-refractivity contribution in [2.24, 2.45) is 0 Å². The Kier molecular flexibility index (Phi) is 15.1. The number of hydrogen-bond donors (Lipinski definition) is 0. The molecule has 2 heterocycles. The minimum atomic E-state index is -0.0625. The molecule has 0 aliphatic rings. The van der Waals surface area contributed by atoms with Crippen molar-refractivity contribution in [1.82, 2.24) is 19.9 Å². The molecule has 0 spiro atoms. The van der Waals surface area contributed by atoms with Gasteiger partial charge in [0.25, 0.3) is 0 Å². The van der Waals surface area contributed by atoms with Gasteiger partial charge in [-0.2, -0.15) is 0 Å². The monoisotopic (exact) mass is 818 g/mol. The summed E-state index contributed by atoms with van der Waals surface area (Å²) in [6.07, 6.45) is 3.79. The molecule has 2 aromatic heterocycles. The van der Waals surface area contributed by atoms with Crippen molar-refractivity contribution in [3.63, 3.8) is 0 Å². The number of benzene rings is 6. The van der Waals surface area contributed by atoms with Gasteiger partial charge < -0.3 is 0 Å². The van der Waals surface area contributed by atoms with Gasteiger partial charge in [0.15, 0.2) is 0 Å². The molecule has 8 aromatic rings. The summed E-state index contributed by atoms with van der Waals surface area (Å²) < 4.78 is 0. The maximum Gasteiger partial charge on any atom is 3.00 e. The first kappa shape index (κ1) is 40.6. The zero-order chi connectivity index (χ0) is 38.2. The van der Waals surface area contributed by atoms with E-state index in [1.54, 1.807) is 0 Å². The first-order chi connectivity index (χ1) is 27.0. The van der Waals surface area contributed by atoms with Crippen LogP contribution in [0.4, 0.5) is 0 Å². The molecular formula is C49H40N4O2Ru+3. The van der Waals surface area contributed by atoms with Gasteiger partial charge in [-0.05, 0) is 13.8 Å². The SMILES string of the molecule is CC(=O)CC(C)=O.[Ru+3].c1ccc(-c2cnc(-c3ccccc3)c(-c3ccccc3)n2)cc1.c1ccc(-c2cnc(-c3ccccc3)c(-c3ccccc3)n2)cc1. The minimum Gasteiger partial charge on any atom is -0.300 e. The van der Waals surface area contributed by atoms with Crippen LogP contribution in [0.3, 0.4) is 0 Å². The van der Waals surface area contributed by atoms with Crippen molar-refractivity contribution in [3.05, 3.63) is 194 Å². The predicted molar refractivity (Wildman–Crippen MR) is 223 cm³/mol. The van der Waals surface area contributed by atoms with Gasteiger partial charge >= 0.3 is 19.5 Å². The fourth-order valence-corrected chi connectivity index (χ4v) is 5.83. The largest absolute Gasteiger partial charge is 3.00 e. The van der Waals surface area contributed by atoms with Gasteiger partial charge in [-0.1, -0.05) is 182 Å². The fraction of sp³-hybridized carbons (Fsp3) is 0.0612. The minimum absolute atomic E-state index is 0. The van der Waals surface area contributed by atoms with Gasteiger partial charge in [0.2, 0.25) is 0 Å². The molecule has 0 saturated heterocycles. The molecule has 0 saturated carbocycles. The molecule has 0 bridgehead atoms. The Labute approximate surface area is 341 Å². The number of carbonyl (C=O) groups is 2. The van der Waals surface area contributed by atoms with Crippen LogP contribution < -0.4 is 0 Å². The predicted octanol–water partition coefficient (Wildman–Crippen LogP) is 11.5. The van der Waals surface area contributed by atoms with E-state index >= 15 is 0 Å². The first-order valence-corrected chi connectivity index (χ1v) is 18.0. The molecule has 7 heteroatoms. The summed E-state index contributed by atoms with van der Waals surface area (Å²) in [4.78, 5) is 39.4. The van der Waals surface area contributed by atoms with Gasteiger partial charge in [0.05, 0.1) is 53.0 Å². The van der Waals surface area contributed by atoms with Crippen LogP contribution >= 0.6 is 0 Å². The molecule has 273 valence electrons. The van der Waals surface area contributed by atoms with Crippen molar-refractivity contribution in [3.8, 4) is 67.5 Å². The van der Waals surface area contributed by atoms with Crippen LogP contribution in [-0.4, -0.2) is 31.5 Å². The van der Waals surface area contributed by atoms with Crippen LogP contribution in [0.5, 0.6) is 0 Å². The summed E-state index contributed by atoms with van der Waals surface area (Å²) in [5.74, 6) is -0.125. The molecule has 0 aliphatic carbocycles. The number of aromatic nitrogens is 4. The van der Waals surface area contributed by atoms with Gasteiger partial charge in [0, 0.05) is 33.4 Å². The van der Waals surface area contributed by atoms with Crippen molar-refractivity contribution < 1.29 is 29.1 Å². The van der Waals surface area contributed by atoms with E-state index in [4.69, 9.17) is 19.9 Å². The van der Waals surface area contributed by atoms with E-state index in [0.29, 0.717) is 0 Å². The number of ketones is 2. The van der Waals surface area contributed by atoms with Crippen LogP contribution in [0.15, 0.2) is 194 Å². The number of carbonyl (C=O) groups excluding carboxylic acids is 2. The van der Waals surface area contributed by atoms with E-state index in [1.807, 2.05) is 122 Å². The Balaban J connectivity index is 0.000000181. The average Bonchev–Trinajstić information content (AvgIpc) is 3.25. The first-order valence-electron chi connectivity index (χ1n) is 18.0. The molecule has 56 heavy (non-hydrogen) atoms. The van der Waals surface area contributed by atoms with Crippen molar-refractivity contribution in [2.75, 3.05) is 0 Å². The quantitative estimate of drug-likeness (QED) is 0.112. The molecule has 0 N–H and O–H groups in total. The standard InChI is InChI=1S/2C22H16N2.C5H8O2.Ru/c2*1-4-10-17(11-5-1)20-16-23-21(18-12-6-2-7-13-18)22(24-20)19-14-8-3-9-15-19;1-4(6)3-5(2)7;/h2*1-16H;3H2,1-2H3;/q;;;+3. The summed E-state index contributed by atoms with van der Waals surface area (Å²) in [6.45, 7) is 2.81.